The zero-order valence-corrected chi connectivity index (χ0v) is 16.6. The molecule has 150 valence electrons. The number of fused-ring (bicyclic) bond motifs is 1. The van der Waals surface area contributed by atoms with Crippen LogP contribution in [0.15, 0.2) is 18.2 Å². The molecule has 2 amide bonds. The van der Waals surface area contributed by atoms with Crippen molar-refractivity contribution in [1.29, 1.82) is 0 Å². The second-order valence-corrected chi connectivity index (χ2v) is 7.01. The Morgan fingerprint density at radius 3 is 2.67 bits per heavy atom. The highest BCUT2D eigenvalue weighted by Gasteiger charge is 2.35. The summed E-state index contributed by atoms with van der Waals surface area (Å²) < 4.78 is 10.6. The van der Waals surface area contributed by atoms with Crippen molar-refractivity contribution in [3.63, 3.8) is 0 Å². The Balaban J connectivity index is 0.00000261. The van der Waals surface area contributed by atoms with E-state index in [0.717, 1.165) is 19.3 Å². The van der Waals surface area contributed by atoms with Gasteiger partial charge in [0.2, 0.25) is 12.7 Å². The number of nitrogens with zero attached hydrogens (tertiary/aromatic N) is 1. The molecule has 0 aromatic heterocycles. The zero-order chi connectivity index (χ0) is 18.7. The molecule has 0 bridgehead atoms. The Morgan fingerprint density at radius 1 is 1.26 bits per heavy atom. The number of rotatable bonds is 6. The highest BCUT2D eigenvalue weighted by molar-refractivity contribution is 5.98. The monoisotopic (exact) mass is 397 g/mol. The van der Waals surface area contributed by atoms with Crippen LogP contribution in [-0.4, -0.2) is 48.2 Å². The van der Waals surface area contributed by atoms with Gasteiger partial charge in [0.15, 0.2) is 11.5 Å². The van der Waals surface area contributed by atoms with Crippen LogP contribution in [0.4, 0.5) is 0 Å². The van der Waals surface area contributed by atoms with E-state index >= 15 is 0 Å². The first-order valence-corrected chi connectivity index (χ1v) is 9.24. The van der Waals surface area contributed by atoms with E-state index in [4.69, 9.17) is 15.2 Å². The largest absolute Gasteiger partial charge is 0.454 e. The fourth-order valence-corrected chi connectivity index (χ4v) is 3.36. The maximum absolute atomic E-state index is 12.9. The molecule has 2 aliphatic heterocycles. The molecule has 1 unspecified atom stereocenters. The molecular weight excluding hydrogens is 370 g/mol. The summed E-state index contributed by atoms with van der Waals surface area (Å²) in [6.45, 7) is 5.18. The van der Waals surface area contributed by atoms with Gasteiger partial charge in [-0.2, -0.15) is 0 Å². The van der Waals surface area contributed by atoms with Crippen LogP contribution in [0, 0.1) is 0 Å². The van der Waals surface area contributed by atoms with E-state index in [1.165, 1.54) is 0 Å². The molecule has 0 radical (unpaired) electrons. The van der Waals surface area contributed by atoms with E-state index in [2.05, 4.69) is 5.32 Å². The third kappa shape index (κ3) is 4.47. The van der Waals surface area contributed by atoms with Crippen molar-refractivity contribution in [2.75, 3.05) is 19.9 Å². The number of carbonyl (C=O) groups is 2. The van der Waals surface area contributed by atoms with Gasteiger partial charge in [-0.3, -0.25) is 9.59 Å². The SMILES string of the molecule is CCC(N)(CC)CNC(=O)C1CCCN1C(=O)c1ccc2c(c1)OCO2.Cl. The molecule has 3 N–H and O–H groups in total. The standard InChI is InChI=1S/C19H27N3O4.ClH/c1-3-19(20,4-2)11-21-17(23)14-6-5-9-22(14)18(24)13-7-8-15-16(10-13)26-12-25-15;/h7-8,10,14H,3-6,9,11-12,20H2,1-2H3,(H,21,23);1H. The lowest BCUT2D eigenvalue weighted by Crippen LogP contribution is -2.53. The fraction of sp³-hybridized carbons (Fsp3) is 0.579. The van der Waals surface area contributed by atoms with Gasteiger partial charge in [-0.05, 0) is 43.9 Å². The average molecular weight is 398 g/mol. The molecule has 8 heteroatoms. The first-order valence-electron chi connectivity index (χ1n) is 9.24. The van der Waals surface area contributed by atoms with Gasteiger partial charge in [-0.1, -0.05) is 13.8 Å². The van der Waals surface area contributed by atoms with Crippen molar-refractivity contribution in [3.05, 3.63) is 23.8 Å². The number of hydrogen-bond donors (Lipinski definition) is 2. The molecule has 2 heterocycles. The first kappa shape index (κ1) is 21.3. The van der Waals surface area contributed by atoms with E-state index in [1.807, 2.05) is 13.8 Å². The Kier molecular flexibility index (Phi) is 6.95. The summed E-state index contributed by atoms with van der Waals surface area (Å²) in [5.74, 6) is 0.907. The summed E-state index contributed by atoms with van der Waals surface area (Å²) in [5, 5.41) is 2.94. The average Bonchev–Trinajstić information content (AvgIpc) is 3.33. The number of ether oxygens (including phenoxy) is 2. The van der Waals surface area contributed by atoms with Gasteiger partial charge in [-0.25, -0.2) is 0 Å². The third-order valence-electron chi connectivity index (χ3n) is 5.46. The van der Waals surface area contributed by atoms with Gasteiger partial charge >= 0.3 is 0 Å². The van der Waals surface area contributed by atoms with Crippen molar-refractivity contribution < 1.29 is 19.1 Å². The highest BCUT2D eigenvalue weighted by atomic mass is 35.5. The number of halogens is 1. The lowest BCUT2D eigenvalue weighted by atomic mass is 9.94. The molecule has 0 spiro atoms. The van der Waals surface area contributed by atoms with Crippen LogP contribution >= 0.6 is 12.4 Å². The van der Waals surface area contributed by atoms with Gasteiger partial charge in [-0.15, -0.1) is 12.4 Å². The molecule has 7 nitrogen and oxygen atoms in total. The van der Waals surface area contributed by atoms with Crippen LogP contribution in [0.2, 0.25) is 0 Å². The van der Waals surface area contributed by atoms with Gasteiger partial charge in [0.1, 0.15) is 6.04 Å². The minimum absolute atomic E-state index is 0. The summed E-state index contributed by atoms with van der Waals surface area (Å²) in [4.78, 5) is 27.2. The Morgan fingerprint density at radius 2 is 1.96 bits per heavy atom. The first-order chi connectivity index (χ1) is 12.5. The summed E-state index contributed by atoms with van der Waals surface area (Å²) >= 11 is 0. The van der Waals surface area contributed by atoms with Crippen LogP contribution in [0.1, 0.15) is 49.9 Å². The summed E-state index contributed by atoms with van der Waals surface area (Å²) in [6, 6.07) is 4.66. The molecule has 27 heavy (non-hydrogen) atoms. The Bertz CT molecular complexity index is 694. The molecule has 3 rings (SSSR count). The van der Waals surface area contributed by atoms with Crippen molar-refractivity contribution in [2.24, 2.45) is 5.73 Å². The van der Waals surface area contributed by atoms with Gasteiger partial charge < -0.3 is 25.4 Å². The quantitative estimate of drug-likeness (QED) is 0.766. The van der Waals surface area contributed by atoms with Crippen molar-refractivity contribution in [1.82, 2.24) is 10.2 Å². The molecular formula is C19H28ClN3O4. The molecule has 2 aliphatic rings. The number of hydrogen-bond acceptors (Lipinski definition) is 5. The molecule has 1 saturated heterocycles. The molecule has 1 atom stereocenters. The molecule has 1 fully saturated rings. The second-order valence-electron chi connectivity index (χ2n) is 7.01. The van der Waals surface area contributed by atoms with E-state index in [1.54, 1.807) is 23.1 Å². The maximum Gasteiger partial charge on any atom is 0.254 e. The second kappa shape index (κ2) is 8.80. The van der Waals surface area contributed by atoms with Crippen molar-refractivity contribution >= 4 is 24.2 Å². The number of likely N-dealkylation sites (tertiary alicyclic amines) is 1. The number of nitrogens with two attached hydrogens (primary N) is 1. The van der Waals surface area contributed by atoms with Gasteiger partial charge in [0.05, 0.1) is 0 Å². The van der Waals surface area contributed by atoms with Crippen LogP contribution in [0.5, 0.6) is 11.5 Å². The number of benzene rings is 1. The van der Waals surface area contributed by atoms with Gasteiger partial charge in [0.25, 0.3) is 5.91 Å². The molecule has 0 aliphatic carbocycles. The molecule has 1 aromatic carbocycles. The fourth-order valence-electron chi connectivity index (χ4n) is 3.36. The normalized spacial score (nSPS) is 18.2. The minimum atomic E-state index is -0.453. The summed E-state index contributed by atoms with van der Waals surface area (Å²) in [6.07, 6.45) is 3.05. The van der Waals surface area contributed by atoms with Crippen LogP contribution in [-0.2, 0) is 4.79 Å². The highest BCUT2D eigenvalue weighted by Crippen LogP contribution is 2.33. The van der Waals surface area contributed by atoms with Crippen LogP contribution in [0.3, 0.4) is 0 Å². The van der Waals surface area contributed by atoms with E-state index in [0.29, 0.717) is 36.6 Å². The Labute approximate surface area is 166 Å². The lowest BCUT2D eigenvalue weighted by Gasteiger charge is -2.29. The smallest absolute Gasteiger partial charge is 0.254 e. The minimum Gasteiger partial charge on any atom is -0.454 e. The maximum atomic E-state index is 12.9. The summed E-state index contributed by atoms with van der Waals surface area (Å²) in [5.41, 5.74) is 6.36. The number of carbonyl (C=O) groups excluding carboxylic acids is 2. The van der Waals surface area contributed by atoms with Crippen molar-refractivity contribution in [3.8, 4) is 11.5 Å². The Hall–Kier alpha value is -1.99. The molecule has 1 aromatic rings. The van der Waals surface area contributed by atoms with E-state index in [-0.39, 0.29) is 31.0 Å². The van der Waals surface area contributed by atoms with Crippen LogP contribution < -0.4 is 20.5 Å². The predicted molar refractivity (Wildman–Crippen MR) is 104 cm³/mol. The lowest BCUT2D eigenvalue weighted by molar-refractivity contribution is -0.125. The topological polar surface area (TPSA) is 93.9 Å². The van der Waals surface area contributed by atoms with E-state index in [9.17, 15) is 9.59 Å². The number of amides is 2. The summed E-state index contributed by atoms with van der Waals surface area (Å²) in [7, 11) is 0. The predicted octanol–water partition coefficient (Wildman–Crippen LogP) is 2.08. The van der Waals surface area contributed by atoms with Crippen molar-refractivity contribution in [2.45, 2.75) is 51.1 Å². The third-order valence-corrected chi connectivity index (χ3v) is 5.46. The van der Waals surface area contributed by atoms with Gasteiger partial charge in [0, 0.05) is 24.2 Å². The van der Waals surface area contributed by atoms with Crippen LogP contribution in [0.25, 0.3) is 0 Å². The zero-order valence-electron chi connectivity index (χ0n) is 15.8. The molecule has 0 saturated carbocycles. The van der Waals surface area contributed by atoms with E-state index < -0.39 is 11.6 Å². The number of nitrogens with one attached hydrogen (secondary N) is 1.